The van der Waals surface area contributed by atoms with Gasteiger partial charge in [-0.25, -0.2) is 9.59 Å². The molecule has 0 aliphatic carbocycles. The first kappa shape index (κ1) is 22.3. The molecule has 1 aromatic rings. The van der Waals surface area contributed by atoms with Crippen molar-refractivity contribution in [2.45, 2.75) is 26.2 Å². The molecule has 0 spiro atoms. The van der Waals surface area contributed by atoms with Crippen molar-refractivity contribution in [3.63, 3.8) is 0 Å². The number of amides is 1. The molecule has 2 atom stereocenters. The summed E-state index contributed by atoms with van der Waals surface area (Å²) in [6.07, 6.45) is -2.94. The number of carbonyl (C=O) groups is 3. The molecule has 10 heteroatoms. The topological polar surface area (TPSA) is 104 Å². The number of hydrogen-bond acceptors (Lipinski definition) is 9. The number of hydrogen-bond donors (Lipinski definition) is 0. The number of carbonyl (C=O) groups excluding carboxylic acids is 3. The largest absolute Gasteiger partial charge is 0.511 e. The molecule has 1 heterocycles. The number of ketones is 1. The Bertz CT molecular complexity index is 752. The fourth-order valence-corrected chi connectivity index (χ4v) is 2.36. The fourth-order valence-electron chi connectivity index (χ4n) is 2.36. The molecular weight excluding hydrogens is 384 g/mol. The van der Waals surface area contributed by atoms with Crippen molar-refractivity contribution in [2.24, 2.45) is 0 Å². The quantitative estimate of drug-likeness (QED) is 0.362. The number of nitrogens with zero attached hydrogens (tertiary/aromatic N) is 2. The van der Waals surface area contributed by atoms with E-state index in [2.05, 4.69) is 0 Å². The minimum Gasteiger partial charge on any atom is -0.454 e. The Morgan fingerprint density at radius 1 is 1.07 bits per heavy atom. The second-order valence-electron chi connectivity index (χ2n) is 6.69. The highest BCUT2D eigenvalue weighted by Gasteiger charge is 2.28. The number of rotatable bonds is 8. The molecule has 1 aromatic carbocycles. The molecule has 160 valence electrons. The van der Waals surface area contributed by atoms with Crippen LogP contribution < -0.4 is 9.47 Å². The molecule has 0 fully saturated rings. The smallest absolute Gasteiger partial charge is 0.454 e. The molecule has 0 saturated heterocycles. The molecule has 2 unspecified atom stereocenters. The van der Waals surface area contributed by atoms with E-state index in [1.54, 1.807) is 25.1 Å². The lowest BCUT2D eigenvalue weighted by Gasteiger charge is -2.25. The van der Waals surface area contributed by atoms with Gasteiger partial charge in [0.2, 0.25) is 13.1 Å². The van der Waals surface area contributed by atoms with E-state index in [-0.39, 0.29) is 19.2 Å². The highest BCUT2D eigenvalue weighted by molar-refractivity contribution is 6.01. The molecule has 29 heavy (non-hydrogen) atoms. The third kappa shape index (κ3) is 6.24. The zero-order valence-electron chi connectivity index (χ0n) is 17.2. The van der Waals surface area contributed by atoms with Crippen molar-refractivity contribution in [3.8, 4) is 11.5 Å². The van der Waals surface area contributed by atoms with Gasteiger partial charge in [-0.1, -0.05) is 0 Å². The summed E-state index contributed by atoms with van der Waals surface area (Å²) >= 11 is 0. The minimum atomic E-state index is -1.18. The number of fused-ring (bicyclic) bond motifs is 1. The highest BCUT2D eigenvalue weighted by atomic mass is 16.8. The Morgan fingerprint density at radius 2 is 1.76 bits per heavy atom. The van der Waals surface area contributed by atoms with Crippen molar-refractivity contribution in [1.82, 2.24) is 9.80 Å². The zero-order valence-corrected chi connectivity index (χ0v) is 17.2. The zero-order chi connectivity index (χ0) is 21.6. The van der Waals surface area contributed by atoms with Gasteiger partial charge in [0.15, 0.2) is 17.3 Å². The van der Waals surface area contributed by atoms with Gasteiger partial charge < -0.3 is 33.5 Å². The van der Waals surface area contributed by atoms with E-state index in [9.17, 15) is 14.4 Å². The summed E-state index contributed by atoms with van der Waals surface area (Å²) < 4.78 is 25.3. The third-order valence-corrected chi connectivity index (χ3v) is 4.19. The van der Waals surface area contributed by atoms with E-state index in [0.717, 1.165) is 4.90 Å². The van der Waals surface area contributed by atoms with Crippen LogP contribution in [0.3, 0.4) is 0 Å². The van der Waals surface area contributed by atoms with Gasteiger partial charge in [0, 0.05) is 26.1 Å². The van der Waals surface area contributed by atoms with Gasteiger partial charge in [0.1, 0.15) is 6.61 Å². The molecule has 1 aliphatic rings. The second kappa shape index (κ2) is 9.97. The molecule has 1 amide bonds. The Labute approximate surface area is 169 Å². The maximum Gasteiger partial charge on any atom is 0.511 e. The van der Waals surface area contributed by atoms with Crippen LogP contribution in [-0.2, 0) is 14.2 Å². The first-order valence-electron chi connectivity index (χ1n) is 9.04. The lowest BCUT2D eigenvalue weighted by Crippen LogP contribution is -2.42. The van der Waals surface area contributed by atoms with Crippen LogP contribution in [0.15, 0.2) is 18.2 Å². The van der Waals surface area contributed by atoms with E-state index in [4.69, 9.17) is 23.7 Å². The fraction of sp³-hybridized carbons (Fsp3) is 0.526. The van der Waals surface area contributed by atoms with Gasteiger partial charge >= 0.3 is 12.2 Å². The van der Waals surface area contributed by atoms with E-state index in [1.807, 2.05) is 19.0 Å². The molecule has 0 bridgehead atoms. The number of benzene rings is 1. The van der Waals surface area contributed by atoms with Crippen molar-refractivity contribution < 1.29 is 38.1 Å². The molecule has 0 radical (unpaired) electrons. The van der Waals surface area contributed by atoms with Gasteiger partial charge in [0.05, 0.1) is 6.04 Å². The molecular formula is C19H26N2O8. The van der Waals surface area contributed by atoms with Gasteiger partial charge in [-0.05, 0) is 39.2 Å². The number of likely N-dealkylation sites (N-methyl/N-ethyl adjacent to an activating group) is 2. The van der Waals surface area contributed by atoms with Crippen molar-refractivity contribution in [1.29, 1.82) is 0 Å². The average Bonchev–Trinajstić information content (AvgIpc) is 3.13. The first-order chi connectivity index (χ1) is 13.7. The van der Waals surface area contributed by atoms with Crippen LogP contribution in [0.4, 0.5) is 9.59 Å². The third-order valence-electron chi connectivity index (χ3n) is 4.19. The lowest BCUT2D eigenvalue weighted by molar-refractivity contribution is -0.0829. The maximum absolute atomic E-state index is 12.7. The van der Waals surface area contributed by atoms with E-state index >= 15 is 0 Å². The van der Waals surface area contributed by atoms with Crippen LogP contribution in [-0.4, -0.2) is 81.3 Å². The Kier molecular flexibility index (Phi) is 7.66. The molecule has 1 aliphatic heterocycles. The maximum atomic E-state index is 12.7. The predicted octanol–water partition coefficient (Wildman–Crippen LogP) is 2.12. The van der Waals surface area contributed by atoms with Gasteiger partial charge in [-0.2, -0.15) is 0 Å². The molecule has 0 N–H and O–H groups in total. The van der Waals surface area contributed by atoms with Crippen LogP contribution in [0.2, 0.25) is 0 Å². The number of Topliss-reactive ketones (excluding diaryl/α,β-unsaturated/α-hetero) is 1. The summed E-state index contributed by atoms with van der Waals surface area (Å²) in [5.74, 6) is 0.730. The average molecular weight is 410 g/mol. The van der Waals surface area contributed by atoms with E-state index < -0.39 is 24.6 Å². The van der Waals surface area contributed by atoms with Crippen LogP contribution in [0.1, 0.15) is 24.2 Å². The summed E-state index contributed by atoms with van der Waals surface area (Å²) in [4.78, 5) is 39.5. The summed E-state index contributed by atoms with van der Waals surface area (Å²) in [6, 6.07) is 3.98. The summed E-state index contributed by atoms with van der Waals surface area (Å²) in [7, 11) is 5.09. The van der Waals surface area contributed by atoms with Gasteiger partial charge in [-0.15, -0.1) is 0 Å². The molecule has 10 nitrogen and oxygen atoms in total. The second-order valence-corrected chi connectivity index (χ2v) is 6.69. The standard InChI is InChI=1S/C19H26N2O8/c1-12(17(22)14-6-7-15-16(10-14)27-11-26-15)21(5)18(23)28-13(2)29-19(24)25-9-8-20(3)4/h6-7,10,12-13H,8-9,11H2,1-5H3. The minimum absolute atomic E-state index is 0.101. The SMILES string of the molecule is CC(OC(=O)OCCN(C)C)OC(=O)N(C)C(C)C(=O)c1ccc2c(c1)OCO2. The van der Waals surface area contributed by atoms with Crippen LogP contribution in [0.25, 0.3) is 0 Å². The van der Waals surface area contributed by atoms with E-state index in [1.165, 1.54) is 14.0 Å². The van der Waals surface area contributed by atoms with Crippen molar-refractivity contribution in [3.05, 3.63) is 23.8 Å². The lowest BCUT2D eigenvalue weighted by atomic mass is 10.0. The predicted molar refractivity (Wildman–Crippen MR) is 101 cm³/mol. The van der Waals surface area contributed by atoms with Gasteiger partial charge in [0.25, 0.3) is 0 Å². The molecule has 0 aromatic heterocycles. The van der Waals surface area contributed by atoms with Crippen LogP contribution in [0, 0.1) is 0 Å². The molecule has 2 rings (SSSR count). The monoisotopic (exact) mass is 410 g/mol. The van der Waals surface area contributed by atoms with Gasteiger partial charge in [-0.3, -0.25) is 4.79 Å². The summed E-state index contributed by atoms with van der Waals surface area (Å²) in [6.45, 7) is 3.72. The summed E-state index contributed by atoms with van der Waals surface area (Å²) in [5, 5.41) is 0. The first-order valence-corrected chi connectivity index (χ1v) is 9.04. The molecule has 0 saturated carbocycles. The highest BCUT2D eigenvalue weighted by Crippen LogP contribution is 2.33. The Hall–Kier alpha value is -3.01. The Morgan fingerprint density at radius 3 is 2.45 bits per heavy atom. The van der Waals surface area contributed by atoms with Crippen molar-refractivity contribution in [2.75, 3.05) is 41.1 Å². The van der Waals surface area contributed by atoms with Crippen LogP contribution >= 0.6 is 0 Å². The summed E-state index contributed by atoms with van der Waals surface area (Å²) in [5.41, 5.74) is 0.371. The number of ether oxygens (including phenoxy) is 5. The normalized spacial score (nSPS) is 14.1. The Balaban J connectivity index is 1.85. The van der Waals surface area contributed by atoms with Crippen molar-refractivity contribution >= 4 is 18.0 Å². The van der Waals surface area contributed by atoms with Crippen LogP contribution in [0.5, 0.6) is 11.5 Å². The van der Waals surface area contributed by atoms with E-state index in [0.29, 0.717) is 23.6 Å².